The van der Waals surface area contributed by atoms with Crippen molar-refractivity contribution in [1.82, 2.24) is 10.3 Å². The molecule has 3 nitrogen and oxygen atoms in total. The fourth-order valence-electron chi connectivity index (χ4n) is 4.96. The van der Waals surface area contributed by atoms with Crippen molar-refractivity contribution < 1.29 is 5.11 Å². The summed E-state index contributed by atoms with van der Waals surface area (Å²) in [6.07, 6.45) is 10.5. The summed E-state index contributed by atoms with van der Waals surface area (Å²) in [5.41, 5.74) is 3.66. The third kappa shape index (κ3) is 3.23. The van der Waals surface area contributed by atoms with E-state index in [2.05, 4.69) is 59.7 Å². The Balaban J connectivity index is 1.67. The van der Waals surface area contributed by atoms with Crippen molar-refractivity contribution in [3.05, 3.63) is 94.7 Å². The first-order chi connectivity index (χ1) is 14.6. The van der Waals surface area contributed by atoms with E-state index < -0.39 is 0 Å². The van der Waals surface area contributed by atoms with E-state index in [4.69, 9.17) is 11.6 Å². The number of benzene rings is 2. The van der Waals surface area contributed by atoms with Crippen molar-refractivity contribution in [2.24, 2.45) is 5.92 Å². The molecule has 152 valence electrons. The van der Waals surface area contributed by atoms with Crippen LogP contribution >= 0.6 is 11.6 Å². The molecule has 2 aliphatic rings. The Morgan fingerprint density at radius 3 is 2.87 bits per heavy atom. The normalized spacial score (nSPS) is 25.7. The summed E-state index contributed by atoms with van der Waals surface area (Å²) in [7, 11) is 0. The summed E-state index contributed by atoms with van der Waals surface area (Å²) < 4.78 is 0. The second-order valence-electron chi connectivity index (χ2n) is 8.42. The van der Waals surface area contributed by atoms with Crippen molar-refractivity contribution in [2.75, 3.05) is 6.54 Å². The van der Waals surface area contributed by atoms with E-state index in [1.807, 2.05) is 24.3 Å². The number of nitrogens with one attached hydrogen (secondary N) is 1. The van der Waals surface area contributed by atoms with Gasteiger partial charge in [0.2, 0.25) is 0 Å². The van der Waals surface area contributed by atoms with Gasteiger partial charge in [0.1, 0.15) is 11.3 Å². The molecule has 0 bridgehead atoms. The van der Waals surface area contributed by atoms with E-state index in [1.165, 1.54) is 11.1 Å². The van der Waals surface area contributed by atoms with Crippen molar-refractivity contribution >= 4 is 22.5 Å². The maximum absolute atomic E-state index is 11.1. The number of allylic oxidation sites excluding steroid dienone is 3. The lowest BCUT2D eigenvalue weighted by atomic mass is 9.67. The molecule has 0 saturated carbocycles. The number of halogens is 1. The Morgan fingerprint density at radius 2 is 2.03 bits per heavy atom. The van der Waals surface area contributed by atoms with Gasteiger partial charge in [-0.3, -0.25) is 4.98 Å². The first-order valence-electron chi connectivity index (χ1n) is 10.5. The summed E-state index contributed by atoms with van der Waals surface area (Å²) in [6.45, 7) is 3.28. The fourth-order valence-corrected chi connectivity index (χ4v) is 5.25. The fraction of sp³-hybridized carbons (Fsp3) is 0.269. The van der Waals surface area contributed by atoms with Gasteiger partial charge < -0.3 is 10.4 Å². The summed E-state index contributed by atoms with van der Waals surface area (Å²) >= 11 is 6.58. The van der Waals surface area contributed by atoms with Crippen molar-refractivity contribution in [3.63, 3.8) is 0 Å². The standard InChI is InChI=1S/C26H25ClN2O/c1-17-22-16-26(20-6-3-2-4-7-20,11-9-18(22)10-13-28-17)15-19-14-23(27)21-8-5-12-29-24(21)25(19)30/h2-9,11-12,14,16-18,28,30H,10,13,15H2,1H3. The number of phenols is 1. The van der Waals surface area contributed by atoms with Crippen LogP contribution in [0.4, 0.5) is 0 Å². The van der Waals surface area contributed by atoms with Gasteiger partial charge in [0.15, 0.2) is 0 Å². The van der Waals surface area contributed by atoms with Gasteiger partial charge in [-0.25, -0.2) is 0 Å². The van der Waals surface area contributed by atoms with Crippen LogP contribution in [0.3, 0.4) is 0 Å². The molecule has 30 heavy (non-hydrogen) atoms. The van der Waals surface area contributed by atoms with E-state index in [1.54, 1.807) is 6.20 Å². The summed E-state index contributed by atoms with van der Waals surface area (Å²) in [5, 5.41) is 16.1. The van der Waals surface area contributed by atoms with Crippen LogP contribution in [0.15, 0.2) is 78.5 Å². The molecular weight excluding hydrogens is 392 g/mol. The molecule has 2 heterocycles. The number of pyridine rings is 1. The quantitative estimate of drug-likeness (QED) is 0.549. The van der Waals surface area contributed by atoms with Crippen LogP contribution in [0.25, 0.3) is 10.9 Å². The minimum absolute atomic E-state index is 0.217. The minimum atomic E-state index is -0.344. The minimum Gasteiger partial charge on any atom is -0.505 e. The molecule has 1 aromatic heterocycles. The van der Waals surface area contributed by atoms with Crippen LogP contribution < -0.4 is 5.32 Å². The van der Waals surface area contributed by atoms with Gasteiger partial charge in [0.25, 0.3) is 0 Å². The Morgan fingerprint density at radius 1 is 1.20 bits per heavy atom. The van der Waals surface area contributed by atoms with Gasteiger partial charge >= 0.3 is 0 Å². The highest BCUT2D eigenvalue weighted by atomic mass is 35.5. The van der Waals surface area contributed by atoms with E-state index >= 15 is 0 Å². The number of aromatic hydroxyl groups is 1. The third-order valence-corrected chi connectivity index (χ3v) is 6.89. The average Bonchev–Trinajstić information content (AvgIpc) is 2.78. The highest BCUT2D eigenvalue weighted by Gasteiger charge is 2.36. The van der Waals surface area contributed by atoms with E-state index in [0.717, 1.165) is 23.9 Å². The highest BCUT2D eigenvalue weighted by Crippen LogP contribution is 2.43. The van der Waals surface area contributed by atoms with Gasteiger partial charge in [-0.1, -0.05) is 60.2 Å². The molecule has 5 rings (SSSR count). The number of phenolic OH excluding ortho intramolecular Hbond substituents is 1. The van der Waals surface area contributed by atoms with Crippen LogP contribution in [0.5, 0.6) is 5.75 Å². The van der Waals surface area contributed by atoms with Gasteiger partial charge in [0.05, 0.1) is 5.02 Å². The predicted octanol–water partition coefficient (Wildman–Crippen LogP) is 5.57. The monoisotopic (exact) mass is 416 g/mol. The molecule has 0 amide bonds. The van der Waals surface area contributed by atoms with Crippen molar-refractivity contribution in [3.8, 4) is 5.75 Å². The van der Waals surface area contributed by atoms with Crippen LogP contribution in [0, 0.1) is 5.92 Å². The Labute approximate surface area is 182 Å². The zero-order chi connectivity index (χ0) is 20.7. The molecule has 2 N–H and O–H groups in total. The molecule has 4 heteroatoms. The van der Waals surface area contributed by atoms with Gasteiger partial charge in [-0.15, -0.1) is 0 Å². The lowest BCUT2D eigenvalue weighted by Crippen LogP contribution is -2.41. The van der Waals surface area contributed by atoms with Gasteiger partial charge in [-0.2, -0.15) is 0 Å². The lowest BCUT2D eigenvalue weighted by Gasteiger charge is -2.39. The van der Waals surface area contributed by atoms with Gasteiger partial charge in [0, 0.05) is 29.0 Å². The van der Waals surface area contributed by atoms with E-state index in [-0.39, 0.29) is 11.2 Å². The predicted molar refractivity (Wildman–Crippen MR) is 123 cm³/mol. The molecular formula is C26H25ClN2O. The number of hydrogen-bond acceptors (Lipinski definition) is 3. The zero-order valence-electron chi connectivity index (χ0n) is 17.0. The SMILES string of the molecule is CC1NCCC2C=CC(Cc3cc(Cl)c4cccnc4c3O)(c3ccccc3)C=C21. The van der Waals surface area contributed by atoms with Crippen molar-refractivity contribution in [1.29, 1.82) is 0 Å². The first kappa shape index (κ1) is 19.3. The Bertz CT molecular complexity index is 1150. The van der Waals surface area contributed by atoms with Crippen LogP contribution in [-0.2, 0) is 11.8 Å². The molecule has 2 aromatic carbocycles. The first-order valence-corrected chi connectivity index (χ1v) is 10.9. The molecule has 3 atom stereocenters. The molecule has 1 aliphatic carbocycles. The maximum atomic E-state index is 11.1. The molecule has 3 aromatic rings. The smallest absolute Gasteiger partial charge is 0.145 e. The summed E-state index contributed by atoms with van der Waals surface area (Å²) in [5.74, 6) is 0.697. The maximum Gasteiger partial charge on any atom is 0.145 e. The highest BCUT2D eigenvalue weighted by molar-refractivity contribution is 6.35. The number of nitrogens with zero attached hydrogens (tertiary/aromatic N) is 1. The molecule has 1 fully saturated rings. The second kappa shape index (κ2) is 7.57. The summed E-state index contributed by atoms with van der Waals surface area (Å²) in [4.78, 5) is 4.39. The van der Waals surface area contributed by atoms with Crippen LogP contribution in [0.2, 0.25) is 5.02 Å². The molecule has 0 radical (unpaired) electrons. The van der Waals surface area contributed by atoms with E-state index in [9.17, 15) is 5.11 Å². The van der Waals surface area contributed by atoms with Crippen LogP contribution in [0.1, 0.15) is 24.5 Å². The molecule has 0 spiro atoms. The number of fused-ring (bicyclic) bond motifs is 2. The topological polar surface area (TPSA) is 45.2 Å². The van der Waals surface area contributed by atoms with Crippen LogP contribution in [-0.4, -0.2) is 22.7 Å². The number of piperidine rings is 1. The second-order valence-corrected chi connectivity index (χ2v) is 8.83. The Kier molecular flexibility index (Phi) is 4.88. The lowest BCUT2D eigenvalue weighted by molar-refractivity contribution is 0.437. The largest absolute Gasteiger partial charge is 0.505 e. The number of rotatable bonds is 3. The average molecular weight is 417 g/mol. The van der Waals surface area contributed by atoms with Gasteiger partial charge in [-0.05, 0) is 61.2 Å². The molecule has 3 unspecified atom stereocenters. The zero-order valence-corrected chi connectivity index (χ0v) is 17.7. The Hall–Kier alpha value is -2.62. The van der Waals surface area contributed by atoms with Crippen molar-refractivity contribution in [2.45, 2.75) is 31.2 Å². The molecule has 1 saturated heterocycles. The number of hydrogen-bond donors (Lipinski definition) is 2. The molecule has 1 aliphatic heterocycles. The summed E-state index contributed by atoms with van der Waals surface area (Å²) in [6, 6.07) is 16.5. The number of aromatic nitrogens is 1. The third-order valence-electron chi connectivity index (χ3n) is 6.57. The van der Waals surface area contributed by atoms with E-state index in [0.29, 0.717) is 28.9 Å².